The van der Waals surface area contributed by atoms with Crippen molar-refractivity contribution < 1.29 is 28.3 Å². The molecule has 1 unspecified atom stereocenters. The van der Waals surface area contributed by atoms with Gasteiger partial charge in [-0.2, -0.15) is 0 Å². The van der Waals surface area contributed by atoms with Gasteiger partial charge in [-0.15, -0.1) is 0 Å². The number of hydrogen-bond acceptors (Lipinski definition) is 9. The molecule has 4 amide bonds. The summed E-state index contributed by atoms with van der Waals surface area (Å²) >= 11 is 0. The van der Waals surface area contributed by atoms with E-state index in [4.69, 9.17) is 18.9 Å². The summed E-state index contributed by atoms with van der Waals surface area (Å²) in [5, 5.41) is 5.08. The lowest BCUT2D eigenvalue weighted by Crippen LogP contribution is -2.46. The third kappa shape index (κ3) is 4.40. The fraction of sp³-hybridized carbons (Fsp3) is 0.300. The smallest absolute Gasteiger partial charge is 0.322 e. The Balaban J connectivity index is 1.14. The minimum atomic E-state index is -1.49. The molecule has 2 N–H and O–H groups in total. The molecule has 0 saturated carbocycles. The van der Waals surface area contributed by atoms with Gasteiger partial charge < -0.3 is 29.0 Å². The van der Waals surface area contributed by atoms with E-state index in [9.17, 15) is 14.4 Å². The number of urea groups is 1. The largest absolute Gasteiger partial charge is 0.497 e. The SMILES string of the molecule is COc1ccc2c(c1)C(=O)N(CCC1(c3cc4nc(-c5ccc(N6CCOCC6)nc5)ccc4o3)NC(=O)NC1=O)C2. The van der Waals surface area contributed by atoms with Gasteiger partial charge >= 0.3 is 6.03 Å². The number of methoxy groups -OCH3 is 1. The number of aromatic nitrogens is 2. The van der Waals surface area contributed by atoms with Crippen LogP contribution in [0.4, 0.5) is 10.6 Å². The molecule has 12 nitrogen and oxygen atoms in total. The second kappa shape index (κ2) is 10.1. The molecule has 0 bridgehead atoms. The lowest BCUT2D eigenvalue weighted by atomic mass is 9.92. The first-order valence-electron chi connectivity index (χ1n) is 13.7. The van der Waals surface area contributed by atoms with Gasteiger partial charge in [-0.3, -0.25) is 14.9 Å². The zero-order valence-corrected chi connectivity index (χ0v) is 22.9. The highest BCUT2D eigenvalue weighted by Gasteiger charge is 2.51. The van der Waals surface area contributed by atoms with Crippen molar-refractivity contribution in [1.82, 2.24) is 25.5 Å². The number of benzene rings is 1. The number of carbonyl (C=O) groups excluding carboxylic acids is 3. The van der Waals surface area contributed by atoms with E-state index < -0.39 is 17.5 Å². The molecular weight excluding hydrogens is 540 g/mol. The van der Waals surface area contributed by atoms with E-state index in [-0.39, 0.29) is 24.6 Å². The van der Waals surface area contributed by atoms with E-state index in [1.54, 1.807) is 36.4 Å². The maximum Gasteiger partial charge on any atom is 0.322 e. The number of rotatable bonds is 7. The molecule has 6 heterocycles. The third-order valence-electron chi connectivity index (χ3n) is 8.07. The van der Waals surface area contributed by atoms with Crippen LogP contribution in [0.3, 0.4) is 0 Å². The minimum absolute atomic E-state index is 0.112. The van der Waals surface area contributed by atoms with Crippen LogP contribution in [0.5, 0.6) is 5.75 Å². The number of amides is 4. The van der Waals surface area contributed by atoms with E-state index in [2.05, 4.69) is 20.5 Å². The predicted octanol–water partition coefficient (Wildman–Crippen LogP) is 2.82. The van der Waals surface area contributed by atoms with Crippen LogP contribution in [0.1, 0.15) is 28.1 Å². The first kappa shape index (κ1) is 26.0. The summed E-state index contributed by atoms with van der Waals surface area (Å²) in [5.74, 6) is 1.03. The number of pyridine rings is 2. The Bertz CT molecular complexity index is 1710. The normalized spacial score (nSPS) is 20.2. The number of furan rings is 1. The number of ether oxygens (including phenoxy) is 2. The molecule has 1 atom stereocenters. The van der Waals surface area contributed by atoms with Crippen LogP contribution in [0, 0.1) is 0 Å². The van der Waals surface area contributed by atoms with E-state index in [1.807, 2.05) is 30.3 Å². The zero-order chi connectivity index (χ0) is 28.8. The Morgan fingerprint density at radius 2 is 1.90 bits per heavy atom. The molecule has 1 aromatic carbocycles. The maximum absolute atomic E-state index is 13.2. The van der Waals surface area contributed by atoms with Crippen LogP contribution >= 0.6 is 0 Å². The molecule has 3 aromatic heterocycles. The van der Waals surface area contributed by atoms with Crippen LogP contribution < -0.4 is 20.3 Å². The first-order chi connectivity index (χ1) is 20.4. The van der Waals surface area contributed by atoms with Gasteiger partial charge in [0.05, 0.1) is 26.0 Å². The van der Waals surface area contributed by atoms with Gasteiger partial charge in [-0.05, 0) is 42.0 Å². The first-order valence-corrected chi connectivity index (χ1v) is 13.7. The van der Waals surface area contributed by atoms with Crippen LogP contribution in [-0.2, 0) is 21.6 Å². The standard InChI is InChI=1S/C30H28N6O6/c1-40-20-4-2-19-17-36(27(37)21(19)14-20)9-8-30(28(38)33-29(39)34-30)25-15-23-24(42-25)6-5-22(32-23)18-3-7-26(31-16-18)35-10-12-41-13-11-35/h2-7,14-16H,8-13,17H2,1H3,(H2,33,34,38,39). The average molecular weight is 569 g/mol. The molecule has 0 radical (unpaired) electrons. The Kier molecular flexibility index (Phi) is 6.27. The third-order valence-corrected chi connectivity index (χ3v) is 8.07. The van der Waals surface area contributed by atoms with E-state index in [0.717, 1.165) is 30.0 Å². The Morgan fingerprint density at radius 3 is 2.64 bits per heavy atom. The maximum atomic E-state index is 13.2. The molecule has 42 heavy (non-hydrogen) atoms. The summed E-state index contributed by atoms with van der Waals surface area (Å²) in [4.78, 5) is 51.9. The van der Waals surface area contributed by atoms with E-state index in [1.165, 1.54) is 0 Å². The molecule has 0 spiro atoms. The van der Waals surface area contributed by atoms with Crippen LogP contribution in [0.2, 0.25) is 0 Å². The molecule has 3 aliphatic heterocycles. The summed E-state index contributed by atoms with van der Waals surface area (Å²) < 4.78 is 16.8. The van der Waals surface area contributed by atoms with Gasteiger partial charge in [-0.1, -0.05) is 6.07 Å². The van der Waals surface area contributed by atoms with Crippen molar-refractivity contribution in [2.24, 2.45) is 0 Å². The highest BCUT2D eigenvalue weighted by atomic mass is 16.5. The number of fused-ring (bicyclic) bond motifs is 2. The second-order valence-electron chi connectivity index (χ2n) is 10.5. The predicted molar refractivity (Wildman–Crippen MR) is 151 cm³/mol. The number of nitrogens with zero attached hydrogens (tertiary/aromatic N) is 4. The molecule has 12 heteroatoms. The molecule has 214 valence electrons. The molecule has 3 aliphatic rings. The molecule has 2 fully saturated rings. The van der Waals surface area contributed by atoms with Gasteiger partial charge in [0.1, 0.15) is 22.8 Å². The number of carbonyl (C=O) groups is 3. The molecular formula is C30H28N6O6. The Morgan fingerprint density at radius 1 is 1.05 bits per heavy atom. The highest BCUT2D eigenvalue weighted by molar-refractivity contribution is 6.07. The van der Waals surface area contributed by atoms with Gasteiger partial charge in [0.2, 0.25) is 0 Å². The summed E-state index contributed by atoms with van der Waals surface area (Å²) in [5.41, 5.74) is 2.48. The van der Waals surface area contributed by atoms with Crippen LogP contribution in [-0.4, -0.2) is 72.7 Å². The minimum Gasteiger partial charge on any atom is -0.497 e. The van der Waals surface area contributed by atoms with Gasteiger partial charge in [0.15, 0.2) is 11.1 Å². The molecule has 7 rings (SSSR count). The second-order valence-corrected chi connectivity index (χ2v) is 10.5. The Hall–Kier alpha value is -4.97. The highest BCUT2D eigenvalue weighted by Crippen LogP contribution is 2.35. The lowest BCUT2D eigenvalue weighted by Gasteiger charge is -2.27. The van der Waals surface area contributed by atoms with Crippen molar-refractivity contribution in [3.8, 4) is 17.0 Å². The topological polar surface area (TPSA) is 139 Å². The van der Waals surface area contributed by atoms with Gasteiger partial charge in [-0.25, -0.2) is 14.8 Å². The van der Waals surface area contributed by atoms with Crippen LogP contribution in [0.15, 0.2) is 59.1 Å². The number of imide groups is 1. The number of hydrogen-bond donors (Lipinski definition) is 2. The van der Waals surface area contributed by atoms with Gasteiger partial charge in [0.25, 0.3) is 11.8 Å². The fourth-order valence-corrected chi connectivity index (χ4v) is 5.73. The number of morpholine rings is 1. The number of anilines is 1. The summed E-state index contributed by atoms with van der Waals surface area (Å²) in [7, 11) is 1.55. The van der Waals surface area contributed by atoms with Crippen molar-refractivity contribution in [3.05, 3.63) is 71.6 Å². The average Bonchev–Trinajstić information content (AvgIpc) is 3.68. The fourth-order valence-electron chi connectivity index (χ4n) is 5.73. The Labute approximate surface area is 240 Å². The van der Waals surface area contributed by atoms with Gasteiger partial charge in [0, 0.05) is 56.0 Å². The lowest BCUT2D eigenvalue weighted by molar-refractivity contribution is -0.125. The summed E-state index contributed by atoms with van der Waals surface area (Å²) in [6, 6.07) is 14.0. The van der Waals surface area contributed by atoms with E-state index in [0.29, 0.717) is 47.9 Å². The quantitative estimate of drug-likeness (QED) is 0.322. The van der Waals surface area contributed by atoms with Crippen molar-refractivity contribution in [1.29, 1.82) is 0 Å². The van der Waals surface area contributed by atoms with Crippen molar-refractivity contribution >= 4 is 34.8 Å². The number of nitrogens with one attached hydrogen (secondary N) is 2. The van der Waals surface area contributed by atoms with Crippen molar-refractivity contribution in [2.75, 3.05) is 44.9 Å². The monoisotopic (exact) mass is 568 g/mol. The van der Waals surface area contributed by atoms with E-state index >= 15 is 0 Å². The molecule has 0 aliphatic carbocycles. The zero-order valence-electron chi connectivity index (χ0n) is 22.9. The van der Waals surface area contributed by atoms with Crippen LogP contribution in [0.25, 0.3) is 22.4 Å². The van der Waals surface area contributed by atoms with Crippen molar-refractivity contribution in [3.63, 3.8) is 0 Å². The molecule has 2 saturated heterocycles. The van der Waals surface area contributed by atoms with Crippen molar-refractivity contribution in [2.45, 2.75) is 18.5 Å². The molecule has 4 aromatic rings. The summed E-state index contributed by atoms with van der Waals surface area (Å²) in [6.07, 6.45) is 1.90. The summed E-state index contributed by atoms with van der Waals surface area (Å²) in [6.45, 7) is 3.57.